The summed E-state index contributed by atoms with van der Waals surface area (Å²) in [6, 6.07) is 7.79. The average molecular weight is 495 g/mol. The van der Waals surface area contributed by atoms with Crippen LogP contribution in [-0.4, -0.2) is 55.4 Å². The smallest absolute Gasteiger partial charge is 0.395 e. The standard InChI is InChI=1S/C19H18ClF3N2O6S/c1-18(29,19(21,22)23)17(28)25-15-7-6-13(10-14(15)20)32(30,31)12-4-2-11(3-5-12)16(27)24-8-9-26/h2-7,10,26,29H,8-9H2,1H3,(H,24,27)(H,25,28). The van der Waals surface area contributed by atoms with Crippen molar-refractivity contribution < 1.29 is 41.4 Å². The first-order valence-electron chi connectivity index (χ1n) is 8.86. The van der Waals surface area contributed by atoms with Crippen molar-refractivity contribution in [3.63, 3.8) is 0 Å². The molecule has 13 heteroatoms. The second-order valence-corrected chi connectivity index (χ2v) is 9.03. The highest BCUT2D eigenvalue weighted by Crippen LogP contribution is 2.33. The van der Waals surface area contributed by atoms with Gasteiger partial charge in [0, 0.05) is 12.1 Å². The number of benzene rings is 2. The van der Waals surface area contributed by atoms with E-state index in [-0.39, 0.29) is 46.1 Å². The Morgan fingerprint density at radius 3 is 2.12 bits per heavy atom. The van der Waals surface area contributed by atoms with Crippen molar-refractivity contribution in [1.29, 1.82) is 0 Å². The largest absolute Gasteiger partial charge is 0.426 e. The van der Waals surface area contributed by atoms with Gasteiger partial charge in [-0.05, 0) is 49.4 Å². The zero-order valence-corrected chi connectivity index (χ0v) is 18.0. The number of halogens is 4. The Labute approximate surface area is 185 Å². The number of amides is 2. The van der Waals surface area contributed by atoms with Gasteiger partial charge in [0.05, 0.1) is 27.1 Å². The van der Waals surface area contributed by atoms with Gasteiger partial charge in [0.1, 0.15) is 0 Å². The number of hydrogen-bond acceptors (Lipinski definition) is 6. The van der Waals surface area contributed by atoms with Crippen molar-refractivity contribution in [3.05, 3.63) is 53.1 Å². The van der Waals surface area contributed by atoms with Crippen LogP contribution in [0, 0.1) is 0 Å². The van der Waals surface area contributed by atoms with E-state index in [1.54, 1.807) is 0 Å². The van der Waals surface area contributed by atoms with Crippen LogP contribution in [0.15, 0.2) is 52.3 Å². The van der Waals surface area contributed by atoms with Crippen LogP contribution < -0.4 is 10.6 Å². The number of carbonyl (C=O) groups excluding carboxylic acids is 2. The molecule has 2 amide bonds. The molecule has 0 aliphatic carbocycles. The lowest BCUT2D eigenvalue weighted by Gasteiger charge is -2.25. The Morgan fingerprint density at radius 2 is 1.62 bits per heavy atom. The van der Waals surface area contributed by atoms with Crippen LogP contribution in [0.3, 0.4) is 0 Å². The third-order valence-corrected chi connectivity index (χ3v) is 6.40. The summed E-state index contributed by atoms with van der Waals surface area (Å²) in [5, 5.41) is 22.0. The minimum atomic E-state index is -5.24. The van der Waals surface area contributed by atoms with Gasteiger partial charge in [-0.3, -0.25) is 9.59 Å². The SMILES string of the molecule is CC(O)(C(=O)Nc1ccc(S(=O)(=O)c2ccc(C(=O)NCCO)cc2)cc1Cl)C(F)(F)F. The molecule has 32 heavy (non-hydrogen) atoms. The van der Waals surface area contributed by atoms with Crippen molar-refractivity contribution in [3.8, 4) is 0 Å². The third kappa shape index (κ3) is 5.38. The number of anilines is 1. The maximum Gasteiger partial charge on any atom is 0.426 e. The summed E-state index contributed by atoms with van der Waals surface area (Å²) in [6.45, 7) is 0.0324. The summed E-state index contributed by atoms with van der Waals surface area (Å²) < 4.78 is 63.9. The van der Waals surface area contributed by atoms with Gasteiger partial charge >= 0.3 is 6.18 Å². The molecule has 0 spiro atoms. The second-order valence-electron chi connectivity index (χ2n) is 6.67. The molecular formula is C19H18ClF3N2O6S. The highest BCUT2D eigenvalue weighted by Gasteiger charge is 2.55. The molecule has 0 saturated carbocycles. The summed E-state index contributed by atoms with van der Waals surface area (Å²) in [5.41, 5.74) is -3.87. The lowest BCUT2D eigenvalue weighted by molar-refractivity contribution is -0.242. The first-order chi connectivity index (χ1) is 14.7. The molecule has 0 bridgehead atoms. The number of sulfone groups is 1. The van der Waals surface area contributed by atoms with Crippen LogP contribution in [-0.2, 0) is 14.6 Å². The molecule has 0 heterocycles. The fourth-order valence-electron chi connectivity index (χ4n) is 2.33. The van der Waals surface area contributed by atoms with E-state index in [1.165, 1.54) is 24.3 Å². The van der Waals surface area contributed by atoms with E-state index >= 15 is 0 Å². The molecule has 2 rings (SSSR count). The van der Waals surface area contributed by atoms with Gasteiger partial charge in [-0.15, -0.1) is 0 Å². The Hall–Kier alpha value is -2.67. The molecule has 0 aromatic heterocycles. The van der Waals surface area contributed by atoms with E-state index in [1.807, 2.05) is 5.32 Å². The maximum atomic E-state index is 12.8. The quantitative estimate of drug-likeness (QED) is 0.466. The van der Waals surface area contributed by atoms with E-state index in [2.05, 4.69) is 5.32 Å². The number of hydrogen-bond donors (Lipinski definition) is 4. The molecular weight excluding hydrogens is 477 g/mol. The van der Waals surface area contributed by atoms with Crippen molar-refractivity contribution in [2.75, 3.05) is 18.5 Å². The fraction of sp³-hybridized carbons (Fsp3) is 0.263. The molecule has 4 N–H and O–H groups in total. The van der Waals surface area contributed by atoms with Crippen molar-refractivity contribution in [2.45, 2.75) is 28.5 Å². The van der Waals surface area contributed by atoms with Gasteiger partial charge in [-0.1, -0.05) is 11.6 Å². The number of aliphatic hydroxyl groups is 2. The maximum absolute atomic E-state index is 12.8. The molecule has 2 aromatic carbocycles. The zero-order chi connectivity index (χ0) is 24.3. The van der Waals surface area contributed by atoms with Crippen LogP contribution in [0.5, 0.6) is 0 Å². The number of alkyl halides is 3. The van der Waals surface area contributed by atoms with Gasteiger partial charge in [0.2, 0.25) is 15.4 Å². The Kier molecular flexibility index (Phi) is 7.55. The first-order valence-corrected chi connectivity index (χ1v) is 10.7. The van der Waals surface area contributed by atoms with Gasteiger partial charge in [-0.2, -0.15) is 13.2 Å². The predicted octanol–water partition coefficient (Wildman–Crippen LogP) is 2.15. The van der Waals surface area contributed by atoms with E-state index in [4.69, 9.17) is 16.7 Å². The Bertz CT molecular complexity index is 1120. The number of carbonyl (C=O) groups is 2. The molecule has 0 fully saturated rings. The molecule has 0 radical (unpaired) electrons. The summed E-state index contributed by atoms with van der Waals surface area (Å²) in [4.78, 5) is 23.1. The molecule has 2 aromatic rings. The topological polar surface area (TPSA) is 133 Å². The van der Waals surface area contributed by atoms with E-state index in [9.17, 15) is 36.3 Å². The van der Waals surface area contributed by atoms with Gasteiger partial charge < -0.3 is 20.8 Å². The van der Waals surface area contributed by atoms with Crippen LogP contribution in [0.2, 0.25) is 5.02 Å². The minimum Gasteiger partial charge on any atom is -0.395 e. The highest BCUT2D eigenvalue weighted by atomic mass is 35.5. The predicted molar refractivity (Wildman–Crippen MR) is 108 cm³/mol. The van der Waals surface area contributed by atoms with E-state index in [0.29, 0.717) is 0 Å². The molecule has 0 saturated heterocycles. The molecule has 174 valence electrons. The van der Waals surface area contributed by atoms with Crippen molar-refractivity contribution >= 4 is 38.9 Å². The van der Waals surface area contributed by atoms with Gasteiger partial charge in [0.15, 0.2) is 0 Å². The summed E-state index contributed by atoms with van der Waals surface area (Å²) in [7, 11) is -4.12. The van der Waals surface area contributed by atoms with E-state index < -0.39 is 33.4 Å². The molecule has 1 unspecified atom stereocenters. The Morgan fingerprint density at radius 1 is 1.06 bits per heavy atom. The monoisotopic (exact) mass is 494 g/mol. The third-order valence-electron chi connectivity index (χ3n) is 4.32. The molecule has 8 nitrogen and oxygen atoms in total. The van der Waals surface area contributed by atoms with Crippen molar-refractivity contribution in [2.24, 2.45) is 0 Å². The van der Waals surface area contributed by atoms with Crippen LogP contribution >= 0.6 is 11.6 Å². The first kappa shape index (κ1) is 25.6. The van der Waals surface area contributed by atoms with Crippen LogP contribution in [0.4, 0.5) is 18.9 Å². The number of aliphatic hydroxyl groups excluding tert-OH is 1. The van der Waals surface area contributed by atoms with Gasteiger partial charge in [-0.25, -0.2) is 8.42 Å². The average Bonchev–Trinajstić information content (AvgIpc) is 2.72. The molecule has 0 aliphatic heterocycles. The zero-order valence-electron chi connectivity index (χ0n) is 16.4. The van der Waals surface area contributed by atoms with Crippen LogP contribution in [0.25, 0.3) is 0 Å². The van der Waals surface area contributed by atoms with Gasteiger partial charge in [0.25, 0.3) is 11.8 Å². The lowest BCUT2D eigenvalue weighted by Crippen LogP contribution is -2.52. The highest BCUT2D eigenvalue weighted by molar-refractivity contribution is 7.91. The normalized spacial score (nSPS) is 13.8. The van der Waals surface area contributed by atoms with Crippen LogP contribution in [0.1, 0.15) is 17.3 Å². The summed E-state index contributed by atoms with van der Waals surface area (Å²) >= 11 is 5.93. The Balaban J connectivity index is 2.26. The second kappa shape index (κ2) is 9.45. The molecule has 0 aliphatic rings. The lowest BCUT2D eigenvalue weighted by atomic mass is 10.1. The minimum absolute atomic E-state index is 0.0265. The van der Waals surface area contributed by atoms with Crippen molar-refractivity contribution in [1.82, 2.24) is 5.32 Å². The summed E-state index contributed by atoms with van der Waals surface area (Å²) in [6.07, 6.45) is -5.24. The number of nitrogens with one attached hydrogen (secondary N) is 2. The molecule has 1 atom stereocenters. The fourth-order valence-corrected chi connectivity index (χ4v) is 3.91. The van der Waals surface area contributed by atoms with E-state index in [0.717, 1.165) is 18.2 Å². The number of rotatable bonds is 7. The summed E-state index contributed by atoms with van der Waals surface area (Å²) in [5.74, 6) is -2.31.